The molecule has 2 bridgehead atoms. The molecule has 1 spiro atoms. The van der Waals surface area contributed by atoms with E-state index in [1.165, 1.54) is 19.3 Å². The first kappa shape index (κ1) is 25.9. The molecule has 11 atom stereocenters. The average Bonchev–Trinajstić information content (AvgIpc) is 2.79. The van der Waals surface area contributed by atoms with E-state index in [-0.39, 0.29) is 57.3 Å². The van der Waals surface area contributed by atoms with Gasteiger partial charge in [-0.3, -0.25) is 14.4 Å². The van der Waals surface area contributed by atoms with Gasteiger partial charge in [0.25, 0.3) is 0 Å². The van der Waals surface area contributed by atoms with Crippen molar-refractivity contribution in [2.75, 3.05) is 0 Å². The van der Waals surface area contributed by atoms with Gasteiger partial charge >= 0.3 is 11.9 Å². The summed E-state index contributed by atoms with van der Waals surface area (Å²) in [4.78, 5) is 38.5. The van der Waals surface area contributed by atoms with Crippen LogP contribution in [0.4, 0.5) is 0 Å². The second-order valence-electron chi connectivity index (χ2n) is 15.7. The molecular weight excluding hydrogens is 464 g/mol. The quantitative estimate of drug-likeness (QED) is 0.374. The number of ether oxygens (including phenoxy) is 2. The highest BCUT2D eigenvalue weighted by molar-refractivity contribution is 6.00. The third kappa shape index (κ3) is 2.85. The zero-order chi connectivity index (χ0) is 27.0. The van der Waals surface area contributed by atoms with Gasteiger partial charge in [0, 0.05) is 24.7 Å². The summed E-state index contributed by atoms with van der Waals surface area (Å²) in [7, 11) is 0. The van der Waals surface area contributed by atoms with E-state index in [2.05, 4.69) is 41.5 Å². The summed E-state index contributed by atoms with van der Waals surface area (Å²) in [5.41, 5.74) is -1.05. The maximum absolute atomic E-state index is 13.5. The summed E-state index contributed by atoms with van der Waals surface area (Å²) in [6.07, 6.45) is 8.93. The molecule has 0 aromatic carbocycles. The second-order valence-corrected chi connectivity index (χ2v) is 15.7. The molecule has 5 heteroatoms. The number of hydrogen-bond donors (Lipinski definition) is 0. The summed E-state index contributed by atoms with van der Waals surface area (Å²) >= 11 is 0. The molecule has 5 nitrogen and oxygen atoms in total. The van der Waals surface area contributed by atoms with Crippen molar-refractivity contribution in [3.05, 3.63) is 0 Å². The van der Waals surface area contributed by atoms with Gasteiger partial charge in [-0.2, -0.15) is 0 Å². The van der Waals surface area contributed by atoms with E-state index in [1.54, 1.807) is 6.92 Å². The van der Waals surface area contributed by atoms with Crippen LogP contribution in [-0.4, -0.2) is 29.4 Å². The first-order valence-corrected chi connectivity index (χ1v) is 15.0. The van der Waals surface area contributed by atoms with Crippen molar-refractivity contribution in [3.63, 3.8) is 0 Å². The molecule has 0 aromatic rings. The Morgan fingerprint density at radius 2 is 1.57 bits per heavy atom. The topological polar surface area (TPSA) is 69.7 Å². The Bertz CT molecular complexity index is 1060. The molecule has 5 aliphatic carbocycles. The predicted molar refractivity (Wildman–Crippen MR) is 140 cm³/mol. The van der Waals surface area contributed by atoms with Crippen LogP contribution in [0.25, 0.3) is 0 Å². The molecular formula is C32H48O5. The van der Waals surface area contributed by atoms with Crippen molar-refractivity contribution in [1.29, 1.82) is 0 Å². The first-order chi connectivity index (χ1) is 17.1. The van der Waals surface area contributed by atoms with Crippen LogP contribution in [0.15, 0.2) is 0 Å². The lowest BCUT2D eigenvalue weighted by atomic mass is 9.30. The molecule has 7 aliphatic rings. The maximum Gasteiger partial charge on any atom is 0.313 e. The fourth-order valence-electron chi connectivity index (χ4n) is 12.3. The van der Waals surface area contributed by atoms with Crippen molar-refractivity contribution in [2.24, 2.45) is 56.7 Å². The van der Waals surface area contributed by atoms with E-state index in [4.69, 9.17) is 9.47 Å². The van der Waals surface area contributed by atoms with E-state index in [1.807, 2.05) is 6.92 Å². The van der Waals surface area contributed by atoms with Crippen LogP contribution in [0.5, 0.6) is 0 Å². The lowest BCUT2D eigenvalue weighted by molar-refractivity contribution is -0.281. The van der Waals surface area contributed by atoms with Crippen LogP contribution in [0, 0.1) is 56.7 Å². The van der Waals surface area contributed by atoms with E-state index in [0.717, 1.165) is 32.1 Å². The number of fused-ring (bicyclic) bond motifs is 7. The van der Waals surface area contributed by atoms with Crippen LogP contribution in [0.1, 0.15) is 113 Å². The van der Waals surface area contributed by atoms with Crippen LogP contribution >= 0.6 is 0 Å². The van der Waals surface area contributed by atoms with Crippen LogP contribution in [0.3, 0.4) is 0 Å². The molecule has 5 saturated carbocycles. The van der Waals surface area contributed by atoms with Gasteiger partial charge in [0.1, 0.15) is 6.10 Å². The van der Waals surface area contributed by atoms with Crippen molar-refractivity contribution in [3.8, 4) is 0 Å². The molecule has 206 valence electrons. The number of Topliss-reactive ketones (excluding diaryl/α,β-unsaturated/α-hetero) is 1. The van der Waals surface area contributed by atoms with Gasteiger partial charge in [0.15, 0.2) is 11.4 Å². The minimum Gasteiger partial charge on any atom is -0.462 e. The lowest BCUT2D eigenvalue weighted by Crippen LogP contribution is -2.74. The predicted octanol–water partition coefficient (Wildman–Crippen LogP) is 6.51. The number of esters is 2. The zero-order valence-corrected chi connectivity index (χ0v) is 24.4. The molecule has 0 amide bonds. The van der Waals surface area contributed by atoms with E-state index in [9.17, 15) is 14.4 Å². The van der Waals surface area contributed by atoms with Crippen molar-refractivity contribution >= 4 is 17.7 Å². The van der Waals surface area contributed by atoms with Gasteiger partial charge in [-0.15, -0.1) is 0 Å². The monoisotopic (exact) mass is 512 g/mol. The average molecular weight is 513 g/mol. The van der Waals surface area contributed by atoms with E-state index in [0.29, 0.717) is 24.2 Å². The summed E-state index contributed by atoms with van der Waals surface area (Å²) in [5.74, 6) is 1.79. The Balaban J connectivity index is 1.37. The van der Waals surface area contributed by atoms with E-state index >= 15 is 0 Å². The Labute approximate surface area is 223 Å². The fraction of sp³-hybridized carbons (Fsp3) is 0.906. The maximum atomic E-state index is 13.5. The molecule has 0 radical (unpaired) electrons. The number of carbonyl (C=O) groups excluding carboxylic acids is 3. The highest BCUT2D eigenvalue weighted by atomic mass is 16.6. The largest absolute Gasteiger partial charge is 0.462 e. The molecule has 7 fully saturated rings. The van der Waals surface area contributed by atoms with Gasteiger partial charge < -0.3 is 9.47 Å². The molecule has 37 heavy (non-hydrogen) atoms. The Kier molecular flexibility index (Phi) is 5.18. The number of carbonyl (C=O) groups is 3. The van der Waals surface area contributed by atoms with Gasteiger partial charge in [-0.25, -0.2) is 0 Å². The Hall–Kier alpha value is -1.39. The number of hydrogen-bond acceptors (Lipinski definition) is 5. The number of ketones is 1. The molecule has 2 saturated heterocycles. The Morgan fingerprint density at radius 1 is 0.865 bits per heavy atom. The smallest absolute Gasteiger partial charge is 0.313 e. The minimum absolute atomic E-state index is 0.00294. The van der Waals surface area contributed by atoms with Crippen LogP contribution in [-0.2, 0) is 23.9 Å². The van der Waals surface area contributed by atoms with Gasteiger partial charge in [-0.05, 0) is 98.2 Å². The highest BCUT2D eigenvalue weighted by Gasteiger charge is 2.76. The summed E-state index contributed by atoms with van der Waals surface area (Å²) in [5, 5.41) is 0. The van der Waals surface area contributed by atoms with Crippen molar-refractivity contribution in [2.45, 2.75) is 125 Å². The third-order valence-electron chi connectivity index (χ3n) is 14.5. The van der Waals surface area contributed by atoms with Gasteiger partial charge in [-0.1, -0.05) is 41.5 Å². The molecule has 2 heterocycles. The number of rotatable bonds is 1. The molecule has 7 rings (SSSR count). The van der Waals surface area contributed by atoms with Crippen molar-refractivity contribution < 1.29 is 23.9 Å². The Morgan fingerprint density at radius 3 is 2.24 bits per heavy atom. The summed E-state index contributed by atoms with van der Waals surface area (Å²) in [6.45, 7) is 18.0. The lowest BCUT2D eigenvalue weighted by Gasteiger charge is -2.74. The fourth-order valence-corrected chi connectivity index (χ4v) is 12.3. The normalized spacial score (nSPS) is 55.8. The molecule has 0 unspecified atom stereocenters. The van der Waals surface area contributed by atoms with Gasteiger partial charge in [0.05, 0.1) is 5.41 Å². The minimum atomic E-state index is -0.956. The molecule has 0 aromatic heterocycles. The molecule has 2 aliphatic heterocycles. The summed E-state index contributed by atoms with van der Waals surface area (Å²) < 4.78 is 11.8. The third-order valence-corrected chi connectivity index (χ3v) is 14.5. The highest BCUT2D eigenvalue weighted by Crippen LogP contribution is 2.78. The first-order valence-electron chi connectivity index (χ1n) is 15.0. The standard InChI is InChI=1S/C32H48O5/c1-18-25-20-9-10-22-28(5)13-12-24(36-19(2)33)27(3,4)21(28)11-14-30(22,7)29(20,6)15-16-32(25)17-23(34)31(18,8)37-26(32)35/h18,20-22,24-25H,9-17H2,1-8H3/t18-,20-,21-,22+,24-,25-,28+,29+,30-,31+,32+/m0/s1. The van der Waals surface area contributed by atoms with Gasteiger partial charge in [0.2, 0.25) is 0 Å². The van der Waals surface area contributed by atoms with E-state index < -0.39 is 11.0 Å². The summed E-state index contributed by atoms with van der Waals surface area (Å²) in [6, 6.07) is 0. The molecule has 0 N–H and O–H groups in total. The SMILES string of the molecule is CC(=O)O[C@H]1CC[C@@]2(C)[C@H]3CC[C@H]4[C@@H]5[C@H](C)[C@@]6(C)OC(=O)[C@]5(CC[C@@]4(C)[C@@]3(C)CC[C@H]2C1(C)C)CC6=O. The second kappa shape index (κ2) is 7.42. The van der Waals surface area contributed by atoms with Crippen LogP contribution < -0.4 is 0 Å². The zero-order valence-electron chi connectivity index (χ0n) is 24.4. The van der Waals surface area contributed by atoms with Crippen molar-refractivity contribution in [1.82, 2.24) is 0 Å². The van der Waals surface area contributed by atoms with Crippen LogP contribution in [0.2, 0.25) is 0 Å².